The van der Waals surface area contributed by atoms with Crippen LogP contribution in [0.4, 0.5) is 11.4 Å². The van der Waals surface area contributed by atoms with E-state index in [-0.39, 0.29) is 10.8 Å². The summed E-state index contributed by atoms with van der Waals surface area (Å²) in [6, 6.07) is 18.5. The minimum Gasteiger partial charge on any atom is -0.321 e. The molecule has 0 saturated heterocycles. The van der Waals surface area contributed by atoms with Crippen molar-refractivity contribution in [3.63, 3.8) is 0 Å². The van der Waals surface area contributed by atoms with Crippen LogP contribution in [0.3, 0.4) is 0 Å². The van der Waals surface area contributed by atoms with Crippen molar-refractivity contribution in [2.24, 2.45) is 0 Å². The molecular formula is C18H15BrN2O3S2. The minimum atomic E-state index is -3.73. The van der Waals surface area contributed by atoms with Crippen molar-refractivity contribution in [2.75, 3.05) is 16.7 Å². The highest BCUT2D eigenvalue weighted by Gasteiger charge is 2.21. The van der Waals surface area contributed by atoms with Crippen LogP contribution in [-0.2, 0) is 10.0 Å². The molecule has 1 aromatic heterocycles. The van der Waals surface area contributed by atoms with Gasteiger partial charge in [0.15, 0.2) is 0 Å². The quantitative estimate of drug-likeness (QED) is 0.617. The fourth-order valence-electron chi connectivity index (χ4n) is 2.30. The van der Waals surface area contributed by atoms with Crippen molar-refractivity contribution in [2.45, 2.75) is 4.90 Å². The predicted octanol–water partition coefficient (Wildman–Crippen LogP) is 4.59. The summed E-state index contributed by atoms with van der Waals surface area (Å²) in [5.41, 5.74) is 0.979. The molecule has 3 rings (SSSR count). The summed E-state index contributed by atoms with van der Waals surface area (Å²) in [6.45, 7) is 0. The van der Waals surface area contributed by atoms with E-state index in [0.717, 1.165) is 3.79 Å². The third kappa shape index (κ3) is 3.98. The third-order valence-corrected chi connectivity index (χ3v) is 7.07. The topological polar surface area (TPSA) is 66.5 Å². The van der Waals surface area contributed by atoms with E-state index in [1.165, 1.54) is 34.8 Å². The zero-order chi connectivity index (χ0) is 18.7. The lowest BCUT2D eigenvalue weighted by Crippen LogP contribution is -2.26. The number of thiophene rings is 1. The number of amides is 1. The van der Waals surface area contributed by atoms with Gasteiger partial charge in [0, 0.05) is 12.7 Å². The molecule has 1 amide bonds. The zero-order valence-corrected chi connectivity index (χ0v) is 16.9. The number of carbonyl (C=O) groups excluding carboxylic acids is 1. The Morgan fingerprint density at radius 1 is 1.04 bits per heavy atom. The fraction of sp³-hybridized carbons (Fsp3) is 0.0556. The van der Waals surface area contributed by atoms with Crippen LogP contribution in [-0.4, -0.2) is 21.4 Å². The number of sulfonamides is 1. The van der Waals surface area contributed by atoms with Gasteiger partial charge in [0.2, 0.25) is 0 Å². The van der Waals surface area contributed by atoms with Crippen LogP contribution in [0, 0.1) is 0 Å². The van der Waals surface area contributed by atoms with E-state index in [4.69, 9.17) is 0 Å². The normalized spacial score (nSPS) is 11.2. The van der Waals surface area contributed by atoms with Gasteiger partial charge in [-0.1, -0.05) is 24.3 Å². The van der Waals surface area contributed by atoms with E-state index in [2.05, 4.69) is 21.2 Å². The Hall–Kier alpha value is -2.16. The number of hydrogen-bond acceptors (Lipinski definition) is 4. The highest BCUT2D eigenvalue weighted by Crippen LogP contribution is 2.25. The molecule has 0 aliphatic rings. The van der Waals surface area contributed by atoms with Crippen LogP contribution < -0.4 is 9.62 Å². The second-order valence-corrected chi connectivity index (χ2v) is 9.83. The lowest BCUT2D eigenvalue weighted by Gasteiger charge is -2.19. The molecule has 0 aliphatic heterocycles. The first-order valence-corrected chi connectivity index (χ1v) is 10.6. The molecule has 0 fully saturated rings. The van der Waals surface area contributed by atoms with E-state index in [1.54, 1.807) is 48.5 Å². The second kappa shape index (κ2) is 7.61. The summed E-state index contributed by atoms with van der Waals surface area (Å²) in [5.74, 6) is -0.285. The first-order valence-electron chi connectivity index (χ1n) is 7.58. The molecule has 1 heterocycles. The maximum Gasteiger partial charge on any atom is 0.265 e. The summed E-state index contributed by atoms with van der Waals surface area (Å²) < 4.78 is 27.8. The number of hydrogen-bond donors (Lipinski definition) is 1. The smallest absolute Gasteiger partial charge is 0.265 e. The van der Waals surface area contributed by atoms with Crippen LogP contribution >= 0.6 is 27.3 Å². The van der Waals surface area contributed by atoms with E-state index in [1.807, 2.05) is 6.07 Å². The van der Waals surface area contributed by atoms with Crippen LogP contribution in [0.1, 0.15) is 9.67 Å². The number of para-hydroxylation sites is 1. The number of halogens is 1. The van der Waals surface area contributed by atoms with Crippen molar-refractivity contribution in [3.05, 3.63) is 75.4 Å². The number of anilines is 2. The van der Waals surface area contributed by atoms with E-state index >= 15 is 0 Å². The molecule has 134 valence electrons. The van der Waals surface area contributed by atoms with Crippen LogP contribution in [0.5, 0.6) is 0 Å². The van der Waals surface area contributed by atoms with E-state index in [0.29, 0.717) is 16.3 Å². The molecule has 0 radical (unpaired) electrons. The standard InChI is InChI=1S/C18H15BrN2O3S2/c1-21(14-7-3-2-4-8-14)26(23,24)15-9-5-6-13(12-15)20-18(22)16-10-11-17(19)25-16/h2-12H,1H3,(H,20,22). The molecule has 0 spiro atoms. The number of nitrogens with zero attached hydrogens (tertiary/aromatic N) is 1. The van der Waals surface area contributed by atoms with Gasteiger partial charge < -0.3 is 5.32 Å². The molecular weight excluding hydrogens is 436 g/mol. The lowest BCUT2D eigenvalue weighted by molar-refractivity contribution is 0.103. The number of benzene rings is 2. The van der Waals surface area contributed by atoms with Crippen LogP contribution in [0.25, 0.3) is 0 Å². The van der Waals surface area contributed by atoms with Gasteiger partial charge in [-0.15, -0.1) is 11.3 Å². The molecule has 1 N–H and O–H groups in total. The summed E-state index contributed by atoms with van der Waals surface area (Å²) in [7, 11) is -2.23. The minimum absolute atomic E-state index is 0.106. The maximum atomic E-state index is 12.9. The lowest BCUT2D eigenvalue weighted by atomic mass is 10.3. The molecule has 0 unspecified atom stereocenters. The predicted molar refractivity (Wildman–Crippen MR) is 108 cm³/mol. The first kappa shape index (κ1) is 18.6. The van der Waals surface area contributed by atoms with Crippen molar-refractivity contribution in [3.8, 4) is 0 Å². The van der Waals surface area contributed by atoms with Gasteiger partial charge in [-0.05, 0) is 58.4 Å². The summed E-state index contributed by atoms with van der Waals surface area (Å²) in [4.78, 5) is 12.9. The van der Waals surface area contributed by atoms with Gasteiger partial charge in [0.1, 0.15) is 0 Å². The third-order valence-electron chi connectivity index (χ3n) is 3.67. The van der Waals surface area contributed by atoms with E-state index < -0.39 is 10.0 Å². The average molecular weight is 451 g/mol. The molecule has 2 aromatic carbocycles. The van der Waals surface area contributed by atoms with Gasteiger partial charge >= 0.3 is 0 Å². The van der Waals surface area contributed by atoms with Crippen molar-refractivity contribution < 1.29 is 13.2 Å². The molecule has 0 atom stereocenters. The molecule has 0 bridgehead atoms. The highest BCUT2D eigenvalue weighted by molar-refractivity contribution is 9.11. The average Bonchev–Trinajstić information content (AvgIpc) is 3.08. The Labute approximate surface area is 164 Å². The Kier molecular flexibility index (Phi) is 5.45. The molecule has 5 nitrogen and oxygen atoms in total. The Balaban J connectivity index is 1.85. The second-order valence-electron chi connectivity index (χ2n) is 5.39. The van der Waals surface area contributed by atoms with Crippen LogP contribution in [0.15, 0.2) is 75.4 Å². The Bertz CT molecular complexity index is 1030. The van der Waals surface area contributed by atoms with Gasteiger partial charge in [-0.2, -0.15) is 0 Å². The number of carbonyl (C=O) groups is 1. The monoisotopic (exact) mass is 450 g/mol. The van der Waals surface area contributed by atoms with Gasteiger partial charge in [0.05, 0.1) is 19.2 Å². The highest BCUT2D eigenvalue weighted by atomic mass is 79.9. The number of rotatable bonds is 5. The maximum absolute atomic E-state index is 12.9. The summed E-state index contributed by atoms with van der Waals surface area (Å²) >= 11 is 4.62. The molecule has 0 saturated carbocycles. The van der Waals surface area contributed by atoms with Gasteiger partial charge in [-0.3, -0.25) is 9.10 Å². The van der Waals surface area contributed by atoms with Gasteiger partial charge in [0.25, 0.3) is 15.9 Å². The van der Waals surface area contributed by atoms with Gasteiger partial charge in [-0.25, -0.2) is 8.42 Å². The van der Waals surface area contributed by atoms with Crippen molar-refractivity contribution in [1.82, 2.24) is 0 Å². The molecule has 3 aromatic rings. The Morgan fingerprint density at radius 3 is 2.42 bits per heavy atom. The molecule has 8 heteroatoms. The molecule has 26 heavy (non-hydrogen) atoms. The summed E-state index contributed by atoms with van der Waals surface area (Å²) in [5, 5.41) is 2.73. The van der Waals surface area contributed by atoms with Crippen molar-refractivity contribution >= 4 is 54.6 Å². The van der Waals surface area contributed by atoms with E-state index in [9.17, 15) is 13.2 Å². The fourth-order valence-corrected chi connectivity index (χ4v) is 4.82. The van der Waals surface area contributed by atoms with Crippen molar-refractivity contribution in [1.29, 1.82) is 0 Å². The number of nitrogens with one attached hydrogen (secondary N) is 1. The summed E-state index contributed by atoms with van der Waals surface area (Å²) in [6.07, 6.45) is 0. The first-order chi connectivity index (χ1) is 12.4. The molecule has 0 aliphatic carbocycles. The SMILES string of the molecule is CN(c1ccccc1)S(=O)(=O)c1cccc(NC(=O)c2ccc(Br)s2)c1. The Morgan fingerprint density at radius 2 is 1.77 bits per heavy atom. The van der Waals surface area contributed by atoms with Crippen LogP contribution in [0.2, 0.25) is 0 Å². The zero-order valence-electron chi connectivity index (χ0n) is 13.7. The largest absolute Gasteiger partial charge is 0.321 e.